The van der Waals surface area contributed by atoms with Crippen molar-refractivity contribution in [1.82, 2.24) is 5.32 Å². The Bertz CT molecular complexity index is 378. The first-order valence-electron chi connectivity index (χ1n) is 5.02. The molecular formula is C11H12ClF4N. The fourth-order valence-electron chi connectivity index (χ4n) is 1.37. The molecule has 0 spiro atoms. The number of benzene rings is 1. The number of rotatable bonds is 4. The van der Waals surface area contributed by atoms with E-state index < -0.39 is 24.5 Å². The van der Waals surface area contributed by atoms with E-state index in [1.165, 1.54) is 19.1 Å². The molecule has 0 bridgehead atoms. The summed E-state index contributed by atoms with van der Waals surface area (Å²) in [6.45, 7) is 1.45. The predicted molar refractivity (Wildman–Crippen MR) is 58.4 cm³/mol. The molecule has 0 heterocycles. The highest BCUT2D eigenvalue weighted by Gasteiger charge is 2.29. The Balaban J connectivity index is 2.50. The molecule has 1 unspecified atom stereocenters. The molecular weight excluding hydrogens is 258 g/mol. The van der Waals surface area contributed by atoms with Crippen LogP contribution in [0.5, 0.6) is 0 Å². The summed E-state index contributed by atoms with van der Waals surface area (Å²) in [6.07, 6.45) is -5.16. The molecule has 1 nitrogen and oxygen atoms in total. The molecule has 0 fully saturated rings. The molecule has 1 atom stereocenters. The van der Waals surface area contributed by atoms with Gasteiger partial charge in [0.15, 0.2) is 0 Å². The molecule has 1 N–H and O–H groups in total. The van der Waals surface area contributed by atoms with Crippen LogP contribution in [-0.2, 0) is 6.54 Å². The van der Waals surface area contributed by atoms with Crippen molar-refractivity contribution in [2.45, 2.75) is 32.1 Å². The van der Waals surface area contributed by atoms with Crippen molar-refractivity contribution in [1.29, 1.82) is 0 Å². The van der Waals surface area contributed by atoms with Crippen molar-refractivity contribution < 1.29 is 17.6 Å². The van der Waals surface area contributed by atoms with Crippen LogP contribution in [-0.4, -0.2) is 12.2 Å². The first-order chi connectivity index (χ1) is 7.78. The first-order valence-corrected chi connectivity index (χ1v) is 5.40. The third kappa shape index (κ3) is 5.37. The van der Waals surface area contributed by atoms with Crippen molar-refractivity contribution in [3.63, 3.8) is 0 Å². The largest absolute Gasteiger partial charge is 0.390 e. The summed E-state index contributed by atoms with van der Waals surface area (Å²) in [4.78, 5) is 0. The third-order valence-electron chi connectivity index (χ3n) is 2.19. The Morgan fingerprint density at radius 1 is 1.35 bits per heavy atom. The quantitative estimate of drug-likeness (QED) is 0.817. The SMILES string of the molecule is CC(CC(F)(F)F)NCc1ccc(Cl)cc1F. The lowest BCUT2D eigenvalue weighted by molar-refractivity contribution is -0.139. The van der Waals surface area contributed by atoms with E-state index in [2.05, 4.69) is 5.32 Å². The molecule has 17 heavy (non-hydrogen) atoms. The van der Waals surface area contributed by atoms with Crippen LogP contribution in [0.15, 0.2) is 18.2 Å². The van der Waals surface area contributed by atoms with E-state index in [-0.39, 0.29) is 11.6 Å². The molecule has 0 saturated carbocycles. The Morgan fingerprint density at radius 2 is 2.00 bits per heavy atom. The highest BCUT2D eigenvalue weighted by Crippen LogP contribution is 2.21. The van der Waals surface area contributed by atoms with Crippen molar-refractivity contribution >= 4 is 11.6 Å². The first kappa shape index (κ1) is 14.3. The molecule has 0 amide bonds. The maximum absolute atomic E-state index is 13.3. The zero-order valence-electron chi connectivity index (χ0n) is 9.11. The van der Waals surface area contributed by atoms with Crippen LogP contribution in [0.2, 0.25) is 5.02 Å². The van der Waals surface area contributed by atoms with Crippen LogP contribution < -0.4 is 5.32 Å². The van der Waals surface area contributed by atoms with E-state index in [1.807, 2.05) is 0 Å². The third-order valence-corrected chi connectivity index (χ3v) is 2.43. The number of hydrogen-bond donors (Lipinski definition) is 1. The van der Waals surface area contributed by atoms with E-state index >= 15 is 0 Å². The van der Waals surface area contributed by atoms with E-state index in [9.17, 15) is 17.6 Å². The van der Waals surface area contributed by atoms with Crippen molar-refractivity contribution in [2.24, 2.45) is 0 Å². The summed E-state index contributed by atoms with van der Waals surface area (Å²) in [5.74, 6) is -0.524. The maximum Gasteiger partial charge on any atom is 0.390 e. The normalized spacial score (nSPS) is 13.8. The fraction of sp³-hybridized carbons (Fsp3) is 0.455. The van der Waals surface area contributed by atoms with E-state index in [4.69, 9.17) is 11.6 Å². The van der Waals surface area contributed by atoms with Crippen LogP contribution in [0, 0.1) is 5.82 Å². The second-order valence-electron chi connectivity index (χ2n) is 3.84. The maximum atomic E-state index is 13.3. The molecule has 1 aromatic carbocycles. The minimum absolute atomic E-state index is 0.0419. The van der Waals surface area contributed by atoms with Gasteiger partial charge in [-0.25, -0.2) is 4.39 Å². The topological polar surface area (TPSA) is 12.0 Å². The highest BCUT2D eigenvalue weighted by molar-refractivity contribution is 6.30. The zero-order valence-corrected chi connectivity index (χ0v) is 9.87. The number of alkyl halides is 3. The molecule has 1 aromatic rings. The molecule has 0 aliphatic rings. The predicted octanol–water partition coefficient (Wildman–Crippen LogP) is 3.91. The zero-order chi connectivity index (χ0) is 13.1. The Hall–Kier alpha value is -0.810. The second kappa shape index (κ2) is 5.69. The van der Waals surface area contributed by atoms with Gasteiger partial charge in [0.25, 0.3) is 0 Å². The van der Waals surface area contributed by atoms with E-state index in [1.54, 1.807) is 0 Å². The van der Waals surface area contributed by atoms with Gasteiger partial charge in [-0.2, -0.15) is 13.2 Å². The lowest BCUT2D eigenvalue weighted by Crippen LogP contribution is -2.30. The minimum atomic E-state index is -4.22. The van der Waals surface area contributed by atoms with Crippen LogP contribution >= 0.6 is 11.6 Å². The molecule has 0 saturated heterocycles. The van der Waals surface area contributed by atoms with Gasteiger partial charge < -0.3 is 5.32 Å². The summed E-state index contributed by atoms with van der Waals surface area (Å²) < 4.78 is 49.4. The molecule has 1 rings (SSSR count). The summed E-state index contributed by atoms with van der Waals surface area (Å²) in [6, 6.07) is 3.32. The summed E-state index contributed by atoms with van der Waals surface area (Å²) in [5.41, 5.74) is 0.295. The Kier molecular flexibility index (Phi) is 4.77. The van der Waals surface area contributed by atoms with Gasteiger partial charge >= 0.3 is 6.18 Å². The van der Waals surface area contributed by atoms with Crippen LogP contribution in [0.1, 0.15) is 18.9 Å². The molecule has 0 radical (unpaired) electrons. The van der Waals surface area contributed by atoms with Gasteiger partial charge in [0.05, 0.1) is 6.42 Å². The Labute approximate surface area is 102 Å². The number of nitrogens with one attached hydrogen (secondary N) is 1. The highest BCUT2D eigenvalue weighted by atomic mass is 35.5. The smallest absolute Gasteiger partial charge is 0.310 e. The van der Waals surface area contributed by atoms with Gasteiger partial charge in [0, 0.05) is 23.2 Å². The summed E-state index contributed by atoms with van der Waals surface area (Å²) in [7, 11) is 0. The monoisotopic (exact) mass is 269 g/mol. The van der Waals surface area contributed by atoms with E-state index in [0.29, 0.717) is 5.56 Å². The van der Waals surface area contributed by atoms with Gasteiger partial charge in [-0.3, -0.25) is 0 Å². The molecule has 0 aliphatic carbocycles. The van der Waals surface area contributed by atoms with Crippen LogP contribution in [0.4, 0.5) is 17.6 Å². The van der Waals surface area contributed by atoms with Crippen LogP contribution in [0.3, 0.4) is 0 Å². The fourth-order valence-corrected chi connectivity index (χ4v) is 1.53. The second-order valence-corrected chi connectivity index (χ2v) is 4.27. The molecule has 0 aromatic heterocycles. The van der Waals surface area contributed by atoms with Crippen molar-refractivity contribution in [3.05, 3.63) is 34.6 Å². The minimum Gasteiger partial charge on any atom is -0.310 e. The van der Waals surface area contributed by atoms with E-state index in [0.717, 1.165) is 6.07 Å². The van der Waals surface area contributed by atoms with Crippen LogP contribution in [0.25, 0.3) is 0 Å². The molecule has 0 aliphatic heterocycles. The van der Waals surface area contributed by atoms with Crippen molar-refractivity contribution in [3.8, 4) is 0 Å². The van der Waals surface area contributed by atoms with Crippen molar-refractivity contribution in [2.75, 3.05) is 0 Å². The average Bonchev–Trinajstić information content (AvgIpc) is 2.13. The number of halogens is 5. The molecule has 6 heteroatoms. The van der Waals surface area contributed by atoms with Gasteiger partial charge in [0.2, 0.25) is 0 Å². The molecule has 96 valence electrons. The van der Waals surface area contributed by atoms with Gasteiger partial charge in [0.1, 0.15) is 5.82 Å². The summed E-state index contributed by atoms with van der Waals surface area (Å²) >= 11 is 5.56. The van der Waals surface area contributed by atoms with Gasteiger partial charge in [-0.05, 0) is 19.1 Å². The lowest BCUT2D eigenvalue weighted by Gasteiger charge is -2.16. The average molecular weight is 270 g/mol. The van der Waals surface area contributed by atoms with Gasteiger partial charge in [-0.15, -0.1) is 0 Å². The Morgan fingerprint density at radius 3 is 2.53 bits per heavy atom. The lowest BCUT2D eigenvalue weighted by atomic mass is 10.2. The standard InChI is InChI=1S/C11H12ClF4N/c1-7(5-11(14,15)16)17-6-8-2-3-9(12)4-10(8)13/h2-4,7,17H,5-6H2,1H3. The van der Waals surface area contributed by atoms with Gasteiger partial charge in [-0.1, -0.05) is 17.7 Å². The number of hydrogen-bond acceptors (Lipinski definition) is 1. The summed E-state index contributed by atoms with van der Waals surface area (Å²) in [5, 5.41) is 2.87.